The van der Waals surface area contributed by atoms with Crippen LogP contribution in [0, 0.1) is 0 Å². The molecule has 0 saturated carbocycles. The fourth-order valence-corrected chi connectivity index (χ4v) is 0.276. The van der Waals surface area contributed by atoms with Crippen LogP contribution in [0.2, 0.25) is 0 Å². The van der Waals surface area contributed by atoms with Crippen molar-refractivity contribution in [1.82, 2.24) is 0 Å². The Kier molecular flexibility index (Phi) is 3.53. The van der Waals surface area contributed by atoms with E-state index in [0.29, 0.717) is 18.8 Å². The second kappa shape index (κ2) is 5.41. The lowest BCUT2D eigenvalue weighted by molar-refractivity contribution is -0.104. The summed E-state index contributed by atoms with van der Waals surface area (Å²) >= 11 is 0. The molecule has 0 saturated heterocycles. The Morgan fingerprint density at radius 3 is 3.00 bits per heavy atom. The molecule has 0 spiro atoms. The number of hydrogen-bond donors (Lipinski definition) is 0. The summed E-state index contributed by atoms with van der Waals surface area (Å²) < 4.78 is 7.00. The minimum absolute atomic E-state index is 0.419. The van der Waals surface area contributed by atoms with E-state index in [4.69, 9.17) is 1.37 Å². The number of rotatable bonds is 3. The molecular formula is C6H10O. The molecule has 0 atom stereocenters. The van der Waals surface area contributed by atoms with Gasteiger partial charge in [-0.25, -0.2) is 0 Å². The number of carbonyl (C=O) groups is 1. The van der Waals surface area contributed by atoms with E-state index in [1.165, 1.54) is 6.08 Å². The molecule has 0 aliphatic heterocycles. The Hall–Kier alpha value is -0.590. The number of hydrogen-bond acceptors (Lipinski definition) is 1. The molecule has 0 aromatic carbocycles. The van der Waals surface area contributed by atoms with E-state index >= 15 is 0 Å². The third-order valence-corrected chi connectivity index (χ3v) is 0.580. The molecule has 0 aliphatic carbocycles. The second-order valence-corrected chi connectivity index (χ2v) is 1.26. The van der Waals surface area contributed by atoms with Gasteiger partial charge in [0.2, 0.25) is 0 Å². The van der Waals surface area contributed by atoms with E-state index in [-0.39, 0.29) is 0 Å². The topological polar surface area (TPSA) is 17.1 Å². The van der Waals surface area contributed by atoms with Crippen molar-refractivity contribution < 1.29 is 6.17 Å². The Labute approximate surface area is 45.4 Å². The van der Waals surface area contributed by atoms with E-state index in [2.05, 4.69) is 0 Å². The molecule has 7 heavy (non-hydrogen) atoms. The third kappa shape index (κ3) is 5.41. The van der Waals surface area contributed by atoms with Crippen molar-refractivity contribution in [3.8, 4) is 0 Å². The quantitative estimate of drug-likeness (QED) is 0.387. The molecule has 0 heterocycles. The van der Waals surface area contributed by atoms with E-state index < -0.39 is 0 Å². The van der Waals surface area contributed by atoms with Crippen molar-refractivity contribution in [3.05, 3.63) is 12.1 Å². The largest absolute Gasteiger partial charge is 0.299 e. The molecule has 0 amide bonds. The maximum atomic E-state index is 9.69. The van der Waals surface area contributed by atoms with Crippen molar-refractivity contribution in [2.24, 2.45) is 0 Å². The standard InChI is InChI=1S/C6H10O/c1-2-3-4-5-6-7/h4-6H,2-3H2,1H3/b5-4+/i4D. The van der Waals surface area contributed by atoms with Crippen molar-refractivity contribution in [2.75, 3.05) is 0 Å². The van der Waals surface area contributed by atoms with Crippen LogP contribution in [0.4, 0.5) is 0 Å². The van der Waals surface area contributed by atoms with Crippen LogP contribution in [0.5, 0.6) is 0 Å². The van der Waals surface area contributed by atoms with E-state index in [1.807, 2.05) is 6.92 Å². The summed E-state index contributed by atoms with van der Waals surface area (Å²) in [5.74, 6) is 0. The molecule has 0 aliphatic rings. The first-order chi connectivity index (χ1) is 3.81. The van der Waals surface area contributed by atoms with Gasteiger partial charge in [0.05, 0.1) is 1.37 Å². The predicted molar refractivity (Wildman–Crippen MR) is 30.1 cm³/mol. The van der Waals surface area contributed by atoms with Crippen molar-refractivity contribution in [1.29, 1.82) is 0 Å². The minimum atomic E-state index is 0.419. The molecule has 0 rings (SSSR count). The Balaban J connectivity index is 3.44. The summed E-state index contributed by atoms with van der Waals surface area (Å²) in [6.45, 7) is 1.98. The van der Waals surface area contributed by atoms with Gasteiger partial charge in [-0.15, -0.1) is 0 Å². The highest BCUT2D eigenvalue weighted by molar-refractivity contribution is 5.64. The smallest absolute Gasteiger partial charge is 0.142 e. The monoisotopic (exact) mass is 99.1 g/mol. The maximum absolute atomic E-state index is 9.69. The first-order valence-electron chi connectivity index (χ1n) is 2.92. The molecule has 0 fully saturated rings. The van der Waals surface area contributed by atoms with Gasteiger partial charge in [-0.2, -0.15) is 0 Å². The van der Waals surface area contributed by atoms with Crippen molar-refractivity contribution >= 4 is 6.29 Å². The first kappa shape index (κ1) is 4.57. The lowest BCUT2D eigenvalue weighted by Crippen LogP contribution is -1.61. The van der Waals surface area contributed by atoms with Gasteiger partial charge < -0.3 is 0 Å². The Morgan fingerprint density at radius 2 is 2.57 bits per heavy atom. The van der Waals surface area contributed by atoms with Gasteiger partial charge in [0, 0.05) is 0 Å². The lowest BCUT2D eigenvalue weighted by Gasteiger charge is -1.76. The second-order valence-electron chi connectivity index (χ2n) is 1.26. The van der Waals surface area contributed by atoms with Crippen LogP contribution in [0.15, 0.2) is 12.1 Å². The molecule has 0 radical (unpaired) electrons. The van der Waals surface area contributed by atoms with Gasteiger partial charge in [-0.3, -0.25) is 4.79 Å². The highest BCUT2D eigenvalue weighted by Crippen LogP contribution is 1.85. The van der Waals surface area contributed by atoms with Crippen LogP contribution in [0.1, 0.15) is 21.1 Å². The Bertz CT molecular complexity index is 96.7. The van der Waals surface area contributed by atoms with Gasteiger partial charge in [-0.1, -0.05) is 19.4 Å². The lowest BCUT2D eigenvalue weighted by atomic mass is 10.3. The zero-order valence-corrected chi connectivity index (χ0v) is 4.48. The molecule has 0 aromatic rings. The summed E-state index contributed by atoms with van der Waals surface area (Å²) in [4.78, 5) is 9.69. The molecule has 0 bridgehead atoms. The average Bonchev–Trinajstić information content (AvgIpc) is 1.68. The minimum Gasteiger partial charge on any atom is -0.299 e. The number of aldehydes is 1. The summed E-state index contributed by atoms with van der Waals surface area (Å²) in [5.41, 5.74) is 0. The average molecular weight is 99.2 g/mol. The fourth-order valence-electron chi connectivity index (χ4n) is 0.276. The predicted octanol–water partition coefficient (Wildman–Crippen LogP) is 1.54. The summed E-state index contributed by atoms with van der Waals surface area (Å²) in [6, 6.07) is 0.419. The molecule has 40 valence electrons. The highest BCUT2D eigenvalue weighted by atomic mass is 16.1. The Morgan fingerprint density at radius 1 is 1.86 bits per heavy atom. The number of carbonyl (C=O) groups excluding carboxylic acids is 1. The zero-order valence-electron chi connectivity index (χ0n) is 5.48. The van der Waals surface area contributed by atoms with Crippen LogP contribution in [-0.4, -0.2) is 6.29 Å². The van der Waals surface area contributed by atoms with E-state index in [1.54, 1.807) is 0 Å². The SMILES string of the molecule is [2H]/C(=C\C=O)CCC. The molecule has 0 N–H and O–H groups in total. The summed E-state index contributed by atoms with van der Waals surface area (Å²) in [5, 5.41) is 0. The van der Waals surface area contributed by atoms with Gasteiger partial charge in [-0.05, 0) is 12.5 Å². The molecule has 1 heteroatoms. The van der Waals surface area contributed by atoms with Gasteiger partial charge >= 0.3 is 0 Å². The summed E-state index contributed by atoms with van der Waals surface area (Å²) in [6.07, 6.45) is 3.57. The van der Waals surface area contributed by atoms with Crippen LogP contribution in [-0.2, 0) is 4.79 Å². The van der Waals surface area contributed by atoms with E-state index in [0.717, 1.165) is 6.42 Å². The maximum Gasteiger partial charge on any atom is 0.142 e. The zero-order chi connectivity index (χ0) is 6.41. The normalized spacial score (nSPS) is 13.3. The van der Waals surface area contributed by atoms with Crippen LogP contribution in [0.25, 0.3) is 0 Å². The molecular weight excluding hydrogens is 88.1 g/mol. The van der Waals surface area contributed by atoms with Crippen molar-refractivity contribution in [3.63, 3.8) is 0 Å². The third-order valence-electron chi connectivity index (χ3n) is 0.580. The number of allylic oxidation sites excluding steroid dienone is 2. The first-order valence-corrected chi connectivity index (χ1v) is 2.42. The highest BCUT2D eigenvalue weighted by Gasteiger charge is 1.67. The molecule has 0 unspecified atom stereocenters. The van der Waals surface area contributed by atoms with E-state index in [9.17, 15) is 4.79 Å². The van der Waals surface area contributed by atoms with Gasteiger partial charge in [0.1, 0.15) is 6.29 Å². The summed E-state index contributed by atoms with van der Waals surface area (Å²) in [7, 11) is 0. The van der Waals surface area contributed by atoms with Crippen LogP contribution >= 0.6 is 0 Å². The van der Waals surface area contributed by atoms with Crippen molar-refractivity contribution in [2.45, 2.75) is 19.8 Å². The van der Waals surface area contributed by atoms with Crippen LogP contribution in [0.3, 0.4) is 0 Å². The molecule has 1 nitrogen and oxygen atoms in total. The fraction of sp³-hybridized carbons (Fsp3) is 0.500. The van der Waals surface area contributed by atoms with Gasteiger partial charge in [0.15, 0.2) is 0 Å². The van der Waals surface area contributed by atoms with Gasteiger partial charge in [0.25, 0.3) is 0 Å². The van der Waals surface area contributed by atoms with Crippen LogP contribution < -0.4 is 0 Å². The molecule has 0 aromatic heterocycles.